The van der Waals surface area contributed by atoms with E-state index < -0.39 is 0 Å². The fourth-order valence-corrected chi connectivity index (χ4v) is 3.21. The second-order valence-corrected chi connectivity index (χ2v) is 6.42. The van der Waals surface area contributed by atoms with Crippen LogP contribution in [-0.2, 0) is 6.54 Å². The van der Waals surface area contributed by atoms with Crippen LogP contribution in [0.25, 0.3) is 0 Å². The van der Waals surface area contributed by atoms with Gasteiger partial charge in [-0.25, -0.2) is 0 Å². The first-order valence-electron chi connectivity index (χ1n) is 8.87. The molecule has 1 nitrogen and oxygen atoms in total. The number of hydrogen-bond acceptors (Lipinski definition) is 0. The number of nitrogens with zero attached hydrogens (tertiary/aromatic N) is 1. The maximum atomic E-state index is 3.99. The number of rotatable bonds is 13. The van der Waals surface area contributed by atoms with Gasteiger partial charge < -0.3 is 4.48 Å². The van der Waals surface area contributed by atoms with Gasteiger partial charge in [-0.1, -0.05) is 76.1 Å². The highest BCUT2D eigenvalue weighted by Crippen LogP contribution is 2.18. The van der Waals surface area contributed by atoms with Crippen LogP contribution in [0.1, 0.15) is 51.0 Å². The van der Waals surface area contributed by atoms with Gasteiger partial charge in [-0.05, 0) is 25.0 Å². The Morgan fingerprint density at radius 2 is 1.45 bits per heavy atom. The lowest BCUT2D eigenvalue weighted by atomic mass is 10.1. The van der Waals surface area contributed by atoms with Crippen molar-refractivity contribution in [2.75, 3.05) is 19.6 Å². The van der Waals surface area contributed by atoms with Crippen molar-refractivity contribution in [2.24, 2.45) is 0 Å². The molecule has 0 aliphatic rings. The SMILES string of the molecule is C=CC[N+](CC=C)(CCCCCCCC)Cc1ccccc1. The maximum absolute atomic E-state index is 3.99. The van der Waals surface area contributed by atoms with Gasteiger partial charge in [0.2, 0.25) is 0 Å². The zero-order valence-electron chi connectivity index (χ0n) is 14.5. The predicted molar refractivity (Wildman–Crippen MR) is 98.8 cm³/mol. The van der Waals surface area contributed by atoms with Crippen LogP contribution in [0.15, 0.2) is 55.6 Å². The van der Waals surface area contributed by atoms with Crippen molar-refractivity contribution in [3.8, 4) is 0 Å². The Morgan fingerprint density at radius 1 is 0.864 bits per heavy atom. The monoisotopic (exact) mass is 300 g/mol. The van der Waals surface area contributed by atoms with Crippen LogP contribution in [0.5, 0.6) is 0 Å². The van der Waals surface area contributed by atoms with Gasteiger partial charge >= 0.3 is 0 Å². The molecule has 0 spiro atoms. The van der Waals surface area contributed by atoms with Gasteiger partial charge in [0.15, 0.2) is 0 Å². The van der Waals surface area contributed by atoms with Crippen LogP contribution in [0.4, 0.5) is 0 Å². The van der Waals surface area contributed by atoms with Crippen LogP contribution in [0.2, 0.25) is 0 Å². The molecule has 1 heteroatoms. The summed E-state index contributed by atoms with van der Waals surface area (Å²) in [6.45, 7) is 14.6. The molecule has 0 radical (unpaired) electrons. The Morgan fingerprint density at radius 3 is 2.05 bits per heavy atom. The highest BCUT2D eigenvalue weighted by Gasteiger charge is 2.24. The molecule has 22 heavy (non-hydrogen) atoms. The molecule has 0 atom stereocenters. The molecule has 0 bridgehead atoms. The summed E-state index contributed by atoms with van der Waals surface area (Å²) in [4.78, 5) is 0. The van der Waals surface area contributed by atoms with E-state index in [1.54, 1.807) is 0 Å². The van der Waals surface area contributed by atoms with Gasteiger partial charge in [0.05, 0.1) is 19.6 Å². The number of hydrogen-bond donors (Lipinski definition) is 0. The molecule has 122 valence electrons. The highest BCUT2D eigenvalue weighted by atomic mass is 15.3. The molecule has 0 saturated heterocycles. The molecule has 1 rings (SSSR count). The van der Waals surface area contributed by atoms with E-state index in [0.29, 0.717) is 0 Å². The molecule has 0 amide bonds. The molecule has 0 aliphatic heterocycles. The third-order valence-electron chi connectivity index (χ3n) is 4.38. The molecule has 1 aromatic rings. The molecule has 0 fully saturated rings. The van der Waals surface area contributed by atoms with Crippen molar-refractivity contribution in [1.29, 1.82) is 0 Å². The third kappa shape index (κ3) is 7.09. The highest BCUT2D eigenvalue weighted by molar-refractivity contribution is 5.13. The van der Waals surface area contributed by atoms with E-state index in [0.717, 1.165) is 24.1 Å². The second-order valence-electron chi connectivity index (χ2n) is 6.42. The second kappa shape index (κ2) is 11.3. The average molecular weight is 301 g/mol. The lowest BCUT2D eigenvalue weighted by molar-refractivity contribution is -0.930. The molecule has 0 N–H and O–H groups in total. The van der Waals surface area contributed by atoms with E-state index in [-0.39, 0.29) is 0 Å². The van der Waals surface area contributed by atoms with E-state index in [1.807, 2.05) is 0 Å². The molecule has 0 heterocycles. The largest absolute Gasteiger partial charge is 0.313 e. The van der Waals surface area contributed by atoms with Gasteiger partial charge in [-0.3, -0.25) is 0 Å². The predicted octanol–water partition coefficient (Wildman–Crippen LogP) is 5.74. The Kier molecular flexibility index (Phi) is 9.57. The number of quaternary nitrogens is 1. The Bertz CT molecular complexity index is 397. The smallest absolute Gasteiger partial charge is 0.105 e. The summed E-state index contributed by atoms with van der Waals surface area (Å²) in [5, 5.41) is 0. The fraction of sp³-hybridized carbons (Fsp3) is 0.524. The van der Waals surface area contributed by atoms with E-state index >= 15 is 0 Å². The van der Waals surface area contributed by atoms with Crippen molar-refractivity contribution in [2.45, 2.75) is 52.0 Å². The topological polar surface area (TPSA) is 0 Å². The van der Waals surface area contributed by atoms with E-state index in [4.69, 9.17) is 0 Å². The van der Waals surface area contributed by atoms with Gasteiger partial charge in [0.25, 0.3) is 0 Å². The van der Waals surface area contributed by atoms with E-state index in [2.05, 4.69) is 62.6 Å². The standard InChI is InChI=1S/C21H34N/c1-4-7-8-9-10-14-19-22(17-5-2,18-6-3)20-21-15-12-11-13-16-21/h5-6,11-13,15-16H,2-4,7-10,14,17-20H2,1H3/q+1. The molecule has 0 aliphatic carbocycles. The van der Waals surface area contributed by atoms with Gasteiger partial charge in [-0.15, -0.1) is 0 Å². The van der Waals surface area contributed by atoms with Crippen LogP contribution in [-0.4, -0.2) is 24.1 Å². The van der Waals surface area contributed by atoms with Crippen molar-refractivity contribution in [3.05, 3.63) is 61.2 Å². The lowest BCUT2D eigenvalue weighted by Gasteiger charge is -2.37. The van der Waals surface area contributed by atoms with Crippen molar-refractivity contribution < 1.29 is 4.48 Å². The van der Waals surface area contributed by atoms with Crippen LogP contribution in [0.3, 0.4) is 0 Å². The molecular weight excluding hydrogens is 266 g/mol. The Hall–Kier alpha value is -1.34. The minimum absolute atomic E-state index is 1.02. The zero-order chi connectivity index (χ0) is 16.1. The first kappa shape index (κ1) is 18.7. The summed E-state index contributed by atoms with van der Waals surface area (Å²) in [6.07, 6.45) is 12.3. The van der Waals surface area contributed by atoms with Gasteiger partial charge in [0.1, 0.15) is 6.54 Å². The summed E-state index contributed by atoms with van der Waals surface area (Å²) in [5.41, 5.74) is 1.41. The van der Waals surface area contributed by atoms with Crippen LogP contribution >= 0.6 is 0 Å². The van der Waals surface area contributed by atoms with Gasteiger partial charge in [-0.2, -0.15) is 0 Å². The summed E-state index contributed by atoms with van der Waals surface area (Å²) in [5.74, 6) is 0. The molecule has 0 aromatic heterocycles. The third-order valence-corrected chi connectivity index (χ3v) is 4.38. The summed E-state index contributed by atoms with van der Waals surface area (Å²) < 4.78 is 1.06. The molecular formula is C21H34N+. The molecule has 0 saturated carbocycles. The maximum Gasteiger partial charge on any atom is 0.105 e. The quantitative estimate of drug-likeness (QED) is 0.248. The van der Waals surface area contributed by atoms with Crippen molar-refractivity contribution in [3.63, 3.8) is 0 Å². The first-order valence-corrected chi connectivity index (χ1v) is 8.87. The first-order chi connectivity index (χ1) is 10.8. The molecule has 0 unspecified atom stereocenters. The van der Waals surface area contributed by atoms with E-state index in [1.165, 1.54) is 50.6 Å². The lowest BCUT2D eigenvalue weighted by Crippen LogP contribution is -2.48. The Labute approximate surface area is 137 Å². The van der Waals surface area contributed by atoms with Crippen molar-refractivity contribution in [1.82, 2.24) is 0 Å². The zero-order valence-corrected chi connectivity index (χ0v) is 14.5. The van der Waals surface area contributed by atoms with Crippen LogP contribution < -0.4 is 0 Å². The fourth-order valence-electron chi connectivity index (χ4n) is 3.21. The normalized spacial score (nSPS) is 11.3. The summed E-state index contributed by atoms with van der Waals surface area (Å²) in [6, 6.07) is 10.8. The summed E-state index contributed by atoms with van der Waals surface area (Å²) in [7, 11) is 0. The minimum Gasteiger partial charge on any atom is -0.313 e. The minimum atomic E-state index is 1.02. The van der Waals surface area contributed by atoms with Gasteiger partial charge in [0, 0.05) is 5.56 Å². The summed E-state index contributed by atoms with van der Waals surface area (Å²) >= 11 is 0. The molecule has 1 aromatic carbocycles. The van der Waals surface area contributed by atoms with Crippen LogP contribution in [0, 0.1) is 0 Å². The van der Waals surface area contributed by atoms with Crippen molar-refractivity contribution >= 4 is 0 Å². The van der Waals surface area contributed by atoms with E-state index in [9.17, 15) is 0 Å². The Balaban J connectivity index is 2.60. The average Bonchev–Trinajstić information content (AvgIpc) is 2.52. The number of unbranched alkanes of at least 4 members (excludes halogenated alkanes) is 5. The number of benzene rings is 1.